The van der Waals surface area contributed by atoms with Crippen LogP contribution < -0.4 is 4.74 Å². The predicted molar refractivity (Wildman–Crippen MR) is 66.3 cm³/mol. The molecule has 1 atom stereocenters. The van der Waals surface area contributed by atoms with Gasteiger partial charge in [-0.25, -0.2) is 4.79 Å². The molecule has 1 aliphatic rings. The SMILES string of the molecule is CC(C)C1(C(F)(F)F)Oc2ccccc2C=C1C(=O)O. The number of benzene rings is 1. The molecule has 3 nitrogen and oxygen atoms in total. The van der Waals surface area contributed by atoms with Crippen molar-refractivity contribution in [2.75, 3.05) is 0 Å². The molecule has 0 spiro atoms. The van der Waals surface area contributed by atoms with Crippen LogP contribution in [0.15, 0.2) is 29.8 Å². The van der Waals surface area contributed by atoms with Gasteiger partial charge in [0, 0.05) is 11.5 Å². The maximum absolute atomic E-state index is 13.5. The van der Waals surface area contributed by atoms with E-state index in [-0.39, 0.29) is 5.75 Å². The molecule has 0 radical (unpaired) electrons. The smallest absolute Gasteiger partial charge is 0.433 e. The quantitative estimate of drug-likeness (QED) is 0.905. The highest BCUT2D eigenvalue weighted by atomic mass is 19.4. The maximum Gasteiger partial charge on any atom is 0.433 e. The lowest BCUT2D eigenvalue weighted by Crippen LogP contribution is -2.58. The molecule has 0 aliphatic carbocycles. The van der Waals surface area contributed by atoms with E-state index in [1.807, 2.05) is 0 Å². The first-order valence-electron chi connectivity index (χ1n) is 6.00. The number of hydrogen-bond acceptors (Lipinski definition) is 2. The van der Waals surface area contributed by atoms with Gasteiger partial charge in [0.1, 0.15) is 5.75 Å². The molecule has 0 fully saturated rings. The van der Waals surface area contributed by atoms with Crippen molar-refractivity contribution in [3.63, 3.8) is 0 Å². The predicted octanol–water partition coefficient (Wildman–Crippen LogP) is 3.50. The van der Waals surface area contributed by atoms with Crippen LogP contribution in [0, 0.1) is 5.92 Å². The number of alkyl halides is 3. The average molecular weight is 286 g/mol. The van der Waals surface area contributed by atoms with Crippen molar-refractivity contribution in [2.24, 2.45) is 5.92 Å². The molecular weight excluding hydrogens is 273 g/mol. The molecule has 0 saturated carbocycles. The molecule has 1 aliphatic heterocycles. The number of para-hydroxylation sites is 1. The van der Waals surface area contributed by atoms with E-state index in [1.54, 1.807) is 12.1 Å². The molecule has 20 heavy (non-hydrogen) atoms. The summed E-state index contributed by atoms with van der Waals surface area (Å²) in [6.07, 6.45) is -3.80. The van der Waals surface area contributed by atoms with Gasteiger partial charge < -0.3 is 9.84 Å². The summed E-state index contributed by atoms with van der Waals surface area (Å²) in [6, 6.07) is 6.06. The zero-order chi connectivity index (χ0) is 15.1. The Morgan fingerprint density at radius 1 is 1.30 bits per heavy atom. The fourth-order valence-corrected chi connectivity index (χ4v) is 2.37. The summed E-state index contributed by atoms with van der Waals surface area (Å²) in [6.45, 7) is 2.58. The average Bonchev–Trinajstić information content (AvgIpc) is 2.35. The van der Waals surface area contributed by atoms with Gasteiger partial charge >= 0.3 is 12.1 Å². The third-order valence-corrected chi connectivity index (χ3v) is 3.35. The maximum atomic E-state index is 13.5. The van der Waals surface area contributed by atoms with E-state index in [9.17, 15) is 18.0 Å². The summed E-state index contributed by atoms with van der Waals surface area (Å²) in [5.74, 6) is -2.69. The van der Waals surface area contributed by atoms with Crippen LogP contribution in [0.2, 0.25) is 0 Å². The molecule has 6 heteroatoms. The summed E-state index contributed by atoms with van der Waals surface area (Å²) in [5.41, 5.74) is -3.31. The molecular formula is C14H13F3O3. The molecule has 1 aromatic carbocycles. The Kier molecular flexibility index (Phi) is 3.28. The number of halogens is 3. The normalized spacial score (nSPS) is 22.0. The number of rotatable bonds is 2. The van der Waals surface area contributed by atoms with Gasteiger partial charge in [0.2, 0.25) is 5.60 Å². The number of carbonyl (C=O) groups is 1. The number of ether oxygens (including phenoxy) is 1. The van der Waals surface area contributed by atoms with E-state index >= 15 is 0 Å². The van der Waals surface area contributed by atoms with Gasteiger partial charge in [-0.2, -0.15) is 13.2 Å². The van der Waals surface area contributed by atoms with Crippen molar-refractivity contribution >= 4 is 12.0 Å². The van der Waals surface area contributed by atoms with Crippen molar-refractivity contribution in [1.29, 1.82) is 0 Å². The van der Waals surface area contributed by atoms with Crippen LogP contribution >= 0.6 is 0 Å². The minimum absolute atomic E-state index is 0.0310. The van der Waals surface area contributed by atoms with Crippen molar-refractivity contribution in [1.82, 2.24) is 0 Å². The van der Waals surface area contributed by atoms with E-state index in [2.05, 4.69) is 0 Å². The van der Waals surface area contributed by atoms with Gasteiger partial charge in [0.05, 0.1) is 5.57 Å². The van der Waals surface area contributed by atoms with E-state index in [1.165, 1.54) is 26.0 Å². The Morgan fingerprint density at radius 3 is 2.40 bits per heavy atom. The van der Waals surface area contributed by atoms with Gasteiger partial charge in [-0.1, -0.05) is 32.0 Å². The lowest BCUT2D eigenvalue weighted by atomic mass is 9.79. The highest BCUT2D eigenvalue weighted by Gasteiger charge is 2.64. The van der Waals surface area contributed by atoms with Gasteiger partial charge in [0.25, 0.3) is 0 Å². The van der Waals surface area contributed by atoms with Gasteiger partial charge in [-0.3, -0.25) is 0 Å². The molecule has 0 bridgehead atoms. The summed E-state index contributed by atoms with van der Waals surface area (Å²) in [7, 11) is 0. The molecule has 1 heterocycles. The lowest BCUT2D eigenvalue weighted by molar-refractivity contribution is -0.249. The number of hydrogen-bond donors (Lipinski definition) is 1. The Labute approximate surface area is 113 Å². The Balaban J connectivity index is 2.73. The molecule has 108 valence electrons. The zero-order valence-electron chi connectivity index (χ0n) is 10.9. The third kappa shape index (κ3) is 1.95. The molecule has 1 unspecified atom stereocenters. The van der Waals surface area contributed by atoms with Crippen LogP contribution in [0.3, 0.4) is 0 Å². The van der Waals surface area contributed by atoms with Crippen LogP contribution in [-0.2, 0) is 4.79 Å². The molecule has 0 saturated heterocycles. The summed E-state index contributed by atoms with van der Waals surface area (Å²) < 4.78 is 45.7. The summed E-state index contributed by atoms with van der Waals surface area (Å²) in [4.78, 5) is 11.3. The lowest BCUT2D eigenvalue weighted by Gasteiger charge is -2.42. The fraction of sp³-hybridized carbons (Fsp3) is 0.357. The second-order valence-corrected chi connectivity index (χ2v) is 4.89. The van der Waals surface area contributed by atoms with E-state index in [0.29, 0.717) is 5.56 Å². The highest BCUT2D eigenvalue weighted by Crippen LogP contribution is 2.49. The van der Waals surface area contributed by atoms with Crippen LogP contribution in [0.1, 0.15) is 19.4 Å². The first-order chi connectivity index (χ1) is 9.20. The molecule has 1 N–H and O–H groups in total. The van der Waals surface area contributed by atoms with E-state index in [0.717, 1.165) is 6.08 Å². The monoisotopic (exact) mass is 286 g/mol. The second kappa shape index (κ2) is 4.54. The second-order valence-electron chi connectivity index (χ2n) is 4.89. The van der Waals surface area contributed by atoms with Crippen molar-refractivity contribution in [3.05, 3.63) is 35.4 Å². The largest absolute Gasteiger partial charge is 0.478 e. The number of carboxylic acids is 1. The third-order valence-electron chi connectivity index (χ3n) is 3.35. The van der Waals surface area contributed by atoms with E-state index < -0.39 is 29.2 Å². The Hall–Kier alpha value is -1.98. The number of fused-ring (bicyclic) bond motifs is 1. The summed E-state index contributed by atoms with van der Waals surface area (Å²) >= 11 is 0. The zero-order valence-corrected chi connectivity index (χ0v) is 10.9. The van der Waals surface area contributed by atoms with E-state index in [4.69, 9.17) is 9.84 Å². The molecule has 1 aromatic rings. The van der Waals surface area contributed by atoms with Gasteiger partial charge in [-0.15, -0.1) is 0 Å². The van der Waals surface area contributed by atoms with Crippen molar-refractivity contribution in [3.8, 4) is 5.75 Å². The minimum atomic E-state index is -4.83. The van der Waals surface area contributed by atoms with Crippen molar-refractivity contribution < 1.29 is 27.8 Å². The number of carboxylic acid groups (broad SMARTS) is 1. The van der Waals surface area contributed by atoms with Crippen LogP contribution in [-0.4, -0.2) is 22.9 Å². The molecule has 2 rings (SSSR count). The molecule has 0 amide bonds. The van der Waals surface area contributed by atoms with Gasteiger partial charge in [0.15, 0.2) is 0 Å². The van der Waals surface area contributed by atoms with Gasteiger partial charge in [-0.05, 0) is 12.1 Å². The highest BCUT2D eigenvalue weighted by molar-refractivity contribution is 5.96. The summed E-state index contributed by atoms with van der Waals surface area (Å²) in [5, 5.41) is 9.16. The first kappa shape index (κ1) is 14.4. The topological polar surface area (TPSA) is 46.5 Å². The Morgan fingerprint density at radius 2 is 1.90 bits per heavy atom. The minimum Gasteiger partial charge on any atom is -0.478 e. The first-order valence-corrected chi connectivity index (χ1v) is 6.00. The van der Waals surface area contributed by atoms with Crippen LogP contribution in [0.5, 0.6) is 5.75 Å². The number of aliphatic carboxylic acids is 1. The van der Waals surface area contributed by atoms with Crippen molar-refractivity contribution in [2.45, 2.75) is 25.6 Å². The fourth-order valence-electron chi connectivity index (χ4n) is 2.37. The standard InChI is InChI=1S/C14H13F3O3/c1-8(2)13(14(15,16)17)10(12(18)19)7-9-5-3-4-6-11(9)20-13/h3-8H,1-2H3,(H,18,19). The Bertz CT molecular complexity index is 575. The van der Waals surface area contributed by atoms with Crippen LogP contribution in [0.25, 0.3) is 6.08 Å². The molecule has 0 aromatic heterocycles. The van der Waals surface area contributed by atoms with Crippen LogP contribution in [0.4, 0.5) is 13.2 Å².